The molecule has 122 valence electrons. The van der Waals surface area contributed by atoms with Crippen LogP contribution < -0.4 is 5.73 Å². The molecule has 1 spiro atoms. The Kier molecular flexibility index (Phi) is 3.82. The fourth-order valence-electron chi connectivity index (χ4n) is 3.48. The number of hydrogen-bond donors (Lipinski definition) is 1. The molecule has 2 N–H and O–H groups in total. The summed E-state index contributed by atoms with van der Waals surface area (Å²) in [5, 5.41) is -0.0736. The Balaban J connectivity index is 1.53. The van der Waals surface area contributed by atoms with Gasteiger partial charge in [0.05, 0.1) is 4.75 Å². The lowest BCUT2D eigenvalue weighted by atomic mass is 9.93. The van der Waals surface area contributed by atoms with E-state index < -0.39 is 12.1 Å². The topological polar surface area (TPSA) is 72.6 Å². The van der Waals surface area contributed by atoms with Crippen LogP contribution in [0.3, 0.4) is 0 Å². The number of β-lactam (4-membered cyclic amide) rings is 1. The van der Waals surface area contributed by atoms with Crippen LogP contribution in [0.1, 0.15) is 12.0 Å². The summed E-state index contributed by atoms with van der Waals surface area (Å²) in [5.41, 5.74) is 6.86. The second kappa shape index (κ2) is 5.72. The Morgan fingerprint density at radius 1 is 1.39 bits per heavy atom. The molecule has 0 saturated carbocycles. The van der Waals surface area contributed by atoms with Crippen molar-refractivity contribution in [1.82, 2.24) is 4.90 Å². The number of fused-ring (bicyclic) bond motifs is 1. The predicted octanol–water partition coefficient (Wildman–Crippen LogP) is 1.22. The maximum absolute atomic E-state index is 12.7. The molecule has 1 amide bonds. The molecule has 23 heavy (non-hydrogen) atoms. The van der Waals surface area contributed by atoms with Crippen molar-refractivity contribution in [3.63, 3.8) is 0 Å². The monoisotopic (exact) mass is 350 g/mol. The van der Waals surface area contributed by atoms with Crippen molar-refractivity contribution in [2.24, 2.45) is 5.73 Å². The molecule has 0 aromatic heterocycles. The minimum absolute atomic E-state index is 0.0736. The van der Waals surface area contributed by atoms with Crippen LogP contribution in [0.25, 0.3) is 0 Å². The summed E-state index contributed by atoms with van der Waals surface area (Å²) in [4.78, 5) is 26.5. The van der Waals surface area contributed by atoms with Crippen molar-refractivity contribution in [3.05, 3.63) is 35.9 Å². The van der Waals surface area contributed by atoms with Gasteiger partial charge in [-0.1, -0.05) is 30.3 Å². The lowest BCUT2D eigenvalue weighted by molar-refractivity contribution is -0.163. The van der Waals surface area contributed by atoms with Gasteiger partial charge in [-0.05, 0) is 17.7 Å². The summed E-state index contributed by atoms with van der Waals surface area (Å²) in [6.07, 6.45) is 0.917. The second-order valence-corrected chi connectivity index (χ2v) is 8.78. The van der Waals surface area contributed by atoms with Crippen LogP contribution in [0.15, 0.2) is 30.3 Å². The SMILES string of the molecule is NC1C(=O)N2C(C(=O)OCc3ccccc3)C3(CCSC3)S[C@@H]12. The van der Waals surface area contributed by atoms with Gasteiger partial charge in [-0.15, -0.1) is 11.8 Å². The van der Waals surface area contributed by atoms with E-state index in [0.717, 1.165) is 23.5 Å². The van der Waals surface area contributed by atoms with E-state index in [1.165, 1.54) is 0 Å². The number of hydrogen-bond acceptors (Lipinski definition) is 6. The highest BCUT2D eigenvalue weighted by molar-refractivity contribution is 8.05. The lowest BCUT2D eigenvalue weighted by Crippen LogP contribution is -2.69. The average Bonchev–Trinajstić information content (AvgIpc) is 3.17. The number of amides is 1. The normalized spacial score (nSPS) is 35.3. The minimum Gasteiger partial charge on any atom is -0.459 e. The summed E-state index contributed by atoms with van der Waals surface area (Å²) in [6.45, 7) is 0.239. The fourth-order valence-corrected chi connectivity index (χ4v) is 7.07. The van der Waals surface area contributed by atoms with Crippen molar-refractivity contribution in [2.75, 3.05) is 11.5 Å². The second-order valence-electron chi connectivity index (χ2n) is 6.14. The highest BCUT2D eigenvalue weighted by Gasteiger charge is 2.66. The zero-order chi connectivity index (χ0) is 16.0. The minimum atomic E-state index is -0.497. The summed E-state index contributed by atoms with van der Waals surface area (Å²) >= 11 is 3.53. The van der Waals surface area contributed by atoms with E-state index in [-0.39, 0.29) is 28.6 Å². The molecule has 3 unspecified atom stereocenters. The third-order valence-corrected chi connectivity index (χ3v) is 7.91. The van der Waals surface area contributed by atoms with Crippen molar-refractivity contribution in [3.8, 4) is 0 Å². The van der Waals surface area contributed by atoms with E-state index >= 15 is 0 Å². The largest absolute Gasteiger partial charge is 0.459 e. The molecule has 4 atom stereocenters. The molecule has 0 radical (unpaired) electrons. The average molecular weight is 350 g/mol. The Bertz CT molecular complexity index is 633. The zero-order valence-electron chi connectivity index (χ0n) is 12.5. The number of carbonyl (C=O) groups is 2. The summed E-state index contributed by atoms with van der Waals surface area (Å²) < 4.78 is 5.31. The van der Waals surface area contributed by atoms with Gasteiger partial charge in [0.1, 0.15) is 24.1 Å². The molecule has 3 heterocycles. The van der Waals surface area contributed by atoms with Gasteiger partial charge in [0, 0.05) is 5.75 Å². The third-order valence-electron chi connectivity index (χ3n) is 4.72. The molecule has 7 heteroatoms. The number of esters is 1. The van der Waals surface area contributed by atoms with Crippen molar-refractivity contribution < 1.29 is 14.3 Å². The first-order valence-corrected chi connectivity index (χ1v) is 9.70. The first-order chi connectivity index (χ1) is 11.1. The first-order valence-electron chi connectivity index (χ1n) is 7.66. The van der Waals surface area contributed by atoms with Gasteiger partial charge in [-0.3, -0.25) is 4.79 Å². The molecule has 1 aromatic carbocycles. The zero-order valence-corrected chi connectivity index (χ0v) is 14.1. The maximum atomic E-state index is 12.7. The number of carbonyl (C=O) groups excluding carboxylic acids is 2. The molecule has 0 bridgehead atoms. The Morgan fingerprint density at radius 3 is 2.87 bits per heavy atom. The molecular formula is C16H18N2O3S2. The number of ether oxygens (including phenoxy) is 1. The molecule has 3 aliphatic rings. The van der Waals surface area contributed by atoms with E-state index in [1.54, 1.807) is 16.7 Å². The highest BCUT2D eigenvalue weighted by Crippen LogP contribution is 2.56. The quantitative estimate of drug-likeness (QED) is 0.653. The van der Waals surface area contributed by atoms with Gasteiger partial charge < -0.3 is 15.4 Å². The van der Waals surface area contributed by atoms with Crippen LogP contribution in [0.2, 0.25) is 0 Å². The summed E-state index contributed by atoms with van der Waals surface area (Å²) in [6, 6.07) is 8.62. The smallest absolute Gasteiger partial charge is 0.330 e. The number of benzene rings is 1. The van der Waals surface area contributed by atoms with Gasteiger partial charge in [-0.2, -0.15) is 11.8 Å². The Hall–Kier alpha value is -1.18. The number of rotatable bonds is 3. The van der Waals surface area contributed by atoms with Crippen molar-refractivity contribution in [1.29, 1.82) is 0 Å². The third kappa shape index (κ3) is 2.37. The molecule has 3 saturated heterocycles. The van der Waals surface area contributed by atoms with E-state index in [2.05, 4.69) is 0 Å². The van der Waals surface area contributed by atoms with Gasteiger partial charge >= 0.3 is 5.97 Å². The Morgan fingerprint density at radius 2 is 2.17 bits per heavy atom. The number of nitrogens with two attached hydrogens (primary N) is 1. The lowest BCUT2D eigenvalue weighted by Gasteiger charge is -2.42. The van der Waals surface area contributed by atoms with Gasteiger partial charge in [0.2, 0.25) is 5.91 Å². The van der Waals surface area contributed by atoms with E-state index in [9.17, 15) is 9.59 Å². The van der Waals surface area contributed by atoms with Crippen LogP contribution in [0.4, 0.5) is 0 Å². The van der Waals surface area contributed by atoms with E-state index in [4.69, 9.17) is 10.5 Å². The highest BCUT2D eigenvalue weighted by atomic mass is 32.2. The van der Waals surface area contributed by atoms with Crippen LogP contribution in [0.5, 0.6) is 0 Å². The maximum Gasteiger partial charge on any atom is 0.330 e. The molecule has 5 nitrogen and oxygen atoms in total. The van der Waals surface area contributed by atoms with Gasteiger partial charge in [0.25, 0.3) is 0 Å². The molecule has 4 rings (SSSR count). The molecule has 3 fully saturated rings. The standard InChI is InChI=1S/C16H18N2O3S2/c17-11-13(19)18-12(16(23-14(11)18)6-7-22-9-16)15(20)21-8-10-4-2-1-3-5-10/h1-5,11-12,14H,6-9,17H2/t11?,12?,14-,16?/m0/s1. The van der Waals surface area contributed by atoms with Gasteiger partial charge in [0.15, 0.2) is 0 Å². The first kappa shape index (κ1) is 15.4. The predicted molar refractivity (Wildman–Crippen MR) is 90.9 cm³/mol. The van der Waals surface area contributed by atoms with Crippen molar-refractivity contribution >= 4 is 35.4 Å². The van der Waals surface area contributed by atoms with E-state index in [0.29, 0.717) is 0 Å². The van der Waals surface area contributed by atoms with Crippen LogP contribution in [0, 0.1) is 0 Å². The summed E-state index contributed by atoms with van der Waals surface area (Å²) in [7, 11) is 0. The van der Waals surface area contributed by atoms with Crippen LogP contribution >= 0.6 is 23.5 Å². The molecule has 1 aromatic rings. The Labute approximate surface area is 143 Å². The van der Waals surface area contributed by atoms with Crippen LogP contribution in [-0.4, -0.2) is 50.5 Å². The van der Waals surface area contributed by atoms with E-state index in [1.807, 2.05) is 42.1 Å². The van der Waals surface area contributed by atoms with Crippen molar-refractivity contribution in [2.45, 2.75) is 35.2 Å². The van der Waals surface area contributed by atoms with Gasteiger partial charge in [-0.25, -0.2) is 4.79 Å². The molecular weight excluding hydrogens is 332 g/mol. The van der Waals surface area contributed by atoms with Crippen LogP contribution in [-0.2, 0) is 20.9 Å². The summed E-state index contributed by atoms with van der Waals surface area (Å²) in [5.74, 6) is 1.46. The number of nitrogens with zero attached hydrogens (tertiary/aromatic N) is 1. The fraction of sp³-hybridized carbons (Fsp3) is 0.500. The molecule has 3 aliphatic heterocycles. The molecule has 0 aliphatic carbocycles. The number of thioether (sulfide) groups is 2.